The Morgan fingerprint density at radius 3 is 2.04 bits per heavy atom. The lowest BCUT2D eigenvalue weighted by Gasteiger charge is -2.35. The highest BCUT2D eigenvalue weighted by molar-refractivity contribution is 7.81. The predicted molar refractivity (Wildman–Crippen MR) is 151 cm³/mol. The molecule has 1 aliphatic heterocycles. The van der Waals surface area contributed by atoms with Crippen LogP contribution in [0.1, 0.15) is 68.9 Å². The van der Waals surface area contributed by atoms with Crippen molar-refractivity contribution in [2.75, 3.05) is 6.61 Å². The summed E-state index contributed by atoms with van der Waals surface area (Å²) in [6, 6.07) is 12.8. The maximum Gasteiger partial charge on any atom is 0.508 e. The number of carbonyl (C=O) groups excluding carboxylic acids is 2. The van der Waals surface area contributed by atoms with E-state index in [4.69, 9.17) is 34.0 Å². The van der Waals surface area contributed by atoms with Gasteiger partial charge in [0.05, 0.1) is 23.8 Å². The molecule has 0 spiro atoms. The highest BCUT2D eigenvalue weighted by atomic mass is 32.2. The third-order valence-electron chi connectivity index (χ3n) is 5.46. The van der Waals surface area contributed by atoms with Crippen molar-refractivity contribution in [1.82, 2.24) is 0 Å². The molecule has 0 aromatic heterocycles. The molecule has 45 heavy (non-hydrogen) atoms. The Bertz CT molecular complexity index is 1370. The SMILES string of the molecule is CC(=O)O.CC(=O)O.CC(=O)OCC1CC(OC(C)=O)CC(c2ccc(C#N)c(Cc3ccc(OS(=O)C(F)(F)F)cc3)c2)O1. The smallest absolute Gasteiger partial charge is 0.481 e. The zero-order valence-electron chi connectivity index (χ0n) is 24.7. The van der Waals surface area contributed by atoms with Crippen LogP contribution in [0.4, 0.5) is 13.2 Å². The van der Waals surface area contributed by atoms with Crippen LogP contribution in [0.3, 0.4) is 0 Å². The van der Waals surface area contributed by atoms with Crippen LogP contribution in [-0.2, 0) is 50.9 Å². The molecule has 1 saturated heterocycles. The van der Waals surface area contributed by atoms with Crippen molar-refractivity contribution >= 4 is 35.0 Å². The summed E-state index contributed by atoms with van der Waals surface area (Å²) in [5.41, 5.74) is -2.56. The largest absolute Gasteiger partial charge is 0.508 e. The first-order valence-corrected chi connectivity index (χ1v) is 14.1. The van der Waals surface area contributed by atoms with Gasteiger partial charge in [-0.1, -0.05) is 24.3 Å². The van der Waals surface area contributed by atoms with Crippen molar-refractivity contribution in [1.29, 1.82) is 5.26 Å². The molecule has 2 aromatic carbocycles. The summed E-state index contributed by atoms with van der Waals surface area (Å²) >= 11 is -3.47. The lowest BCUT2D eigenvalue weighted by molar-refractivity contribution is -0.169. The van der Waals surface area contributed by atoms with Crippen LogP contribution < -0.4 is 4.18 Å². The number of esters is 2. The van der Waals surface area contributed by atoms with Crippen molar-refractivity contribution < 1.29 is 65.2 Å². The third kappa shape index (κ3) is 15.7. The number of hydrogen-bond donors (Lipinski definition) is 2. The van der Waals surface area contributed by atoms with Crippen LogP contribution in [0, 0.1) is 11.3 Å². The van der Waals surface area contributed by atoms with E-state index in [9.17, 15) is 32.2 Å². The second-order valence-corrected chi connectivity index (χ2v) is 10.5. The Hall–Kier alpha value is -4.49. The molecule has 3 rings (SSSR count). The number of carbonyl (C=O) groups is 4. The van der Waals surface area contributed by atoms with Gasteiger partial charge in [-0.3, -0.25) is 19.2 Å². The zero-order chi connectivity index (χ0) is 34.3. The molecule has 16 heteroatoms. The lowest BCUT2D eigenvalue weighted by Crippen LogP contribution is -2.36. The molecule has 2 aromatic rings. The molecular formula is C29H32F3NO11S. The molecule has 1 fully saturated rings. The van der Waals surface area contributed by atoms with Gasteiger partial charge in [0, 0.05) is 40.5 Å². The fraction of sp³-hybridized carbons (Fsp3) is 0.414. The van der Waals surface area contributed by atoms with E-state index >= 15 is 0 Å². The van der Waals surface area contributed by atoms with Crippen molar-refractivity contribution in [2.24, 2.45) is 0 Å². The van der Waals surface area contributed by atoms with Crippen LogP contribution in [0.25, 0.3) is 0 Å². The van der Waals surface area contributed by atoms with E-state index in [0.29, 0.717) is 29.5 Å². The van der Waals surface area contributed by atoms with Crippen molar-refractivity contribution in [2.45, 2.75) is 70.8 Å². The van der Waals surface area contributed by atoms with E-state index in [-0.39, 0.29) is 18.8 Å². The highest BCUT2D eigenvalue weighted by Gasteiger charge is 2.40. The number of alkyl halides is 3. The summed E-state index contributed by atoms with van der Waals surface area (Å²) in [7, 11) is 0. The normalized spacial score (nSPS) is 17.9. The predicted octanol–water partition coefficient (Wildman–Crippen LogP) is 4.61. The summed E-state index contributed by atoms with van der Waals surface area (Å²) in [6.07, 6.45) is -0.454. The minimum absolute atomic E-state index is 0.000279. The van der Waals surface area contributed by atoms with Crippen LogP contribution in [0.2, 0.25) is 0 Å². The summed E-state index contributed by atoms with van der Waals surface area (Å²) in [5.74, 6) is -2.78. The van der Waals surface area contributed by atoms with Gasteiger partial charge >= 0.3 is 28.5 Å². The minimum atomic E-state index is -4.99. The number of rotatable bonds is 8. The van der Waals surface area contributed by atoms with Gasteiger partial charge in [-0.15, -0.1) is 0 Å². The van der Waals surface area contributed by atoms with Gasteiger partial charge < -0.3 is 28.6 Å². The van der Waals surface area contributed by atoms with E-state index < -0.39 is 58.8 Å². The van der Waals surface area contributed by atoms with Gasteiger partial charge in [0.1, 0.15) is 18.5 Å². The summed E-state index contributed by atoms with van der Waals surface area (Å²) in [4.78, 5) is 40.8. The van der Waals surface area contributed by atoms with Crippen molar-refractivity contribution in [3.63, 3.8) is 0 Å². The monoisotopic (exact) mass is 659 g/mol. The highest BCUT2D eigenvalue weighted by Crippen LogP contribution is 2.34. The van der Waals surface area contributed by atoms with E-state index in [0.717, 1.165) is 19.4 Å². The number of carboxylic acid groups (broad SMARTS) is 2. The number of nitrogens with zero attached hydrogens (tertiary/aromatic N) is 1. The van der Waals surface area contributed by atoms with Crippen LogP contribution >= 0.6 is 0 Å². The quantitative estimate of drug-likeness (QED) is 0.376. The Kier molecular flexibility index (Phi) is 15.7. The number of benzene rings is 2. The number of ether oxygens (including phenoxy) is 3. The molecule has 1 heterocycles. The maximum absolute atomic E-state index is 12.5. The third-order valence-corrected chi connectivity index (χ3v) is 6.19. The first-order chi connectivity index (χ1) is 20.9. The maximum atomic E-state index is 12.5. The fourth-order valence-electron chi connectivity index (χ4n) is 3.92. The van der Waals surface area contributed by atoms with Gasteiger partial charge in [-0.05, 0) is 41.3 Å². The standard InChI is InChI=1S/C25H24F3NO7S.2C2H4O2/c1-15(30)33-14-23-11-22(34-16(2)31)12-24(35-23)18-5-6-19(13-29)20(10-18)9-17-3-7-21(8-4-17)36-37(32)25(26,27)28;2*1-2(3)4/h3-8,10,22-24H,9,11-12,14H2,1-2H3;2*1H3,(H,3,4). The molecule has 4 atom stereocenters. The minimum Gasteiger partial charge on any atom is -0.481 e. The summed E-state index contributed by atoms with van der Waals surface area (Å²) in [6.45, 7) is 4.76. The van der Waals surface area contributed by atoms with Crippen LogP contribution in [0.5, 0.6) is 5.75 Å². The van der Waals surface area contributed by atoms with Gasteiger partial charge in [-0.2, -0.15) is 18.4 Å². The Labute approximate surface area is 259 Å². The van der Waals surface area contributed by atoms with Crippen LogP contribution in [-0.4, -0.2) is 62.6 Å². The second-order valence-electron chi connectivity index (χ2n) is 9.40. The molecule has 0 saturated carbocycles. The number of hydrogen-bond acceptors (Lipinski definition) is 10. The Morgan fingerprint density at radius 1 is 0.978 bits per heavy atom. The van der Waals surface area contributed by atoms with Gasteiger partial charge in [-0.25, -0.2) is 4.21 Å². The number of aliphatic carboxylic acids is 2. The summed E-state index contributed by atoms with van der Waals surface area (Å²) < 4.78 is 69.5. The van der Waals surface area contributed by atoms with Crippen LogP contribution in [0.15, 0.2) is 42.5 Å². The number of carboxylic acids is 2. The van der Waals surface area contributed by atoms with E-state index in [1.807, 2.05) is 0 Å². The molecule has 0 aliphatic carbocycles. The molecule has 12 nitrogen and oxygen atoms in total. The van der Waals surface area contributed by atoms with E-state index in [1.165, 1.54) is 38.1 Å². The first kappa shape index (κ1) is 38.5. The molecule has 1 aliphatic rings. The van der Waals surface area contributed by atoms with E-state index in [1.54, 1.807) is 18.2 Å². The summed E-state index contributed by atoms with van der Waals surface area (Å²) in [5, 5.41) is 24.4. The molecule has 0 amide bonds. The van der Waals surface area contributed by atoms with Crippen molar-refractivity contribution in [3.8, 4) is 11.8 Å². The molecule has 0 radical (unpaired) electrons. The molecule has 0 bridgehead atoms. The molecular weight excluding hydrogens is 627 g/mol. The first-order valence-electron chi connectivity index (χ1n) is 13.0. The fourth-order valence-corrected chi connectivity index (χ4v) is 4.30. The van der Waals surface area contributed by atoms with Crippen molar-refractivity contribution in [3.05, 3.63) is 64.7 Å². The number of halogens is 3. The average molecular weight is 660 g/mol. The average Bonchev–Trinajstić information content (AvgIpc) is 2.91. The Morgan fingerprint density at radius 2 is 1.56 bits per heavy atom. The zero-order valence-corrected chi connectivity index (χ0v) is 25.5. The van der Waals surface area contributed by atoms with E-state index in [2.05, 4.69) is 10.3 Å². The molecule has 2 N–H and O–H groups in total. The lowest BCUT2D eigenvalue weighted by atomic mass is 9.92. The topological polar surface area (TPSA) is 187 Å². The van der Waals surface area contributed by atoms with Gasteiger partial charge in [0.25, 0.3) is 11.9 Å². The molecule has 246 valence electrons. The number of nitriles is 1. The second kappa shape index (κ2) is 18.3. The van der Waals surface area contributed by atoms with Gasteiger partial charge in [0.2, 0.25) is 0 Å². The van der Waals surface area contributed by atoms with Gasteiger partial charge in [0.15, 0.2) is 0 Å². The molecule has 4 unspecified atom stereocenters. The Balaban J connectivity index is 0.00000113.